The molecule has 6 atom stereocenters. The molecule has 0 spiro atoms. The predicted octanol–water partition coefficient (Wildman–Crippen LogP) is 23.6. The van der Waals surface area contributed by atoms with Gasteiger partial charge in [0.05, 0.1) is 24.3 Å². The number of aliphatic hydroxyl groups excluding tert-OH is 2. The molecule has 1 fully saturated rings. The Labute approximate surface area is 508 Å². The minimum absolute atomic E-state index is 0.0811. The molecule has 6 unspecified atom stereocenters. The van der Waals surface area contributed by atoms with E-state index in [1.807, 2.05) is 0 Å². The lowest BCUT2D eigenvalue weighted by Gasteiger charge is -2.23. The average Bonchev–Trinajstić information content (AvgIpc) is 4.24. The first-order valence-electron chi connectivity index (χ1n) is 37.4. The highest BCUT2D eigenvalue weighted by Gasteiger charge is 2.35. The zero-order chi connectivity index (χ0) is 59.2. The number of hydrogen-bond donors (Lipinski definition) is 4. The van der Waals surface area contributed by atoms with Crippen LogP contribution in [0.5, 0.6) is 0 Å². The van der Waals surface area contributed by atoms with Crippen molar-refractivity contribution in [1.82, 2.24) is 10.6 Å². The van der Waals surface area contributed by atoms with Crippen LogP contribution in [-0.2, 0) is 9.59 Å². The lowest BCUT2D eigenvalue weighted by molar-refractivity contribution is -0.123. The maximum absolute atomic E-state index is 12.4. The summed E-state index contributed by atoms with van der Waals surface area (Å²) in [5.41, 5.74) is 0. The van der Waals surface area contributed by atoms with E-state index in [1.165, 1.54) is 302 Å². The van der Waals surface area contributed by atoms with Gasteiger partial charge in [-0.15, -0.1) is 0 Å². The Hall–Kier alpha value is -1.40. The van der Waals surface area contributed by atoms with Crippen LogP contribution in [0.1, 0.15) is 420 Å². The highest BCUT2D eigenvalue weighted by Crippen LogP contribution is 2.45. The average molecular weight is 1140 g/mol. The summed E-state index contributed by atoms with van der Waals surface area (Å²) in [4.78, 5) is 24.8. The normalized spacial score (nSPS) is 15.6. The highest BCUT2D eigenvalue weighted by molar-refractivity contribution is 5.76. The minimum atomic E-state index is -0.408. The largest absolute Gasteiger partial charge is 0.391 e. The van der Waals surface area contributed by atoms with Crippen LogP contribution >= 0.6 is 0 Å². The maximum Gasteiger partial charge on any atom is 0.220 e. The molecule has 4 N–H and O–H groups in total. The van der Waals surface area contributed by atoms with Crippen LogP contribution in [0.2, 0.25) is 0 Å². The zero-order valence-electron chi connectivity index (χ0n) is 56.0. The third-order valence-corrected chi connectivity index (χ3v) is 18.4. The number of nitrogens with one attached hydrogen (secondary N) is 2. The topological polar surface area (TPSA) is 98.7 Å². The van der Waals surface area contributed by atoms with Crippen molar-refractivity contribution in [2.45, 2.75) is 445 Å². The van der Waals surface area contributed by atoms with E-state index in [1.54, 1.807) is 0 Å². The van der Waals surface area contributed by atoms with Crippen molar-refractivity contribution in [2.75, 3.05) is 0 Å². The second-order valence-corrected chi connectivity index (χ2v) is 26.3. The van der Waals surface area contributed by atoms with Crippen molar-refractivity contribution in [2.24, 2.45) is 11.8 Å². The van der Waals surface area contributed by atoms with Gasteiger partial charge in [-0.2, -0.15) is 0 Å². The number of rotatable bonds is 64. The van der Waals surface area contributed by atoms with Crippen LogP contribution in [0.25, 0.3) is 0 Å². The summed E-state index contributed by atoms with van der Waals surface area (Å²) in [6.07, 6.45) is 79.0. The highest BCUT2D eigenvalue weighted by atomic mass is 16.3. The van der Waals surface area contributed by atoms with Gasteiger partial charge in [0.1, 0.15) is 0 Å². The predicted molar refractivity (Wildman–Crippen MR) is 358 cm³/mol. The molecule has 1 aliphatic carbocycles. The molecule has 0 aromatic heterocycles. The van der Waals surface area contributed by atoms with Crippen molar-refractivity contribution in [3.63, 3.8) is 0 Å². The Bertz CT molecular complexity index is 1290. The van der Waals surface area contributed by atoms with Gasteiger partial charge >= 0.3 is 0 Å². The SMILES string of the molecule is CCCCCC/C=C\CCCCCCCCCC(O)C(CC)NC(=O)CCCCCCCCCCCCCCC.CCCCCCCCCCCCCCCC(=O)NC(CC)C(O)CCCCCCCCCC1CC1CCCCCC. The van der Waals surface area contributed by atoms with Gasteiger partial charge in [0.25, 0.3) is 0 Å². The first-order chi connectivity index (χ1) is 39.8. The Morgan fingerprint density at radius 1 is 0.333 bits per heavy atom. The minimum Gasteiger partial charge on any atom is -0.391 e. The summed E-state index contributed by atoms with van der Waals surface area (Å²) in [5, 5.41) is 27.5. The molecule has 2 amide bonds. The van der Waals surface area contributed by atoms with Crippen LogP contribution in [0.15, 0.2) is 12.2 Å². The standard InChI is InChI=1S/C38H75NO2.C37H73NO2/c1-4-7-9-11-12-13-14-15-16-17-21-24-28-32-38(41)39-36(6-3)37(40)31-27-23-20-18-19-22-26-30-35-33-34(35)29-25-10-8-5-2;1-4-7-9-11-13-15-17-19-20-22-23-25-27-29-31-33-36(39)35(6-3)38-37(40)34-32-30-28-26-24-21-18-16-14-12-10-8-5-2/h34-37,40H,4-33H2,1-3H3,(H,39,41);15,17,35-36,39H,4-14,16,18-34H2,1-3H3,(H,38,40)/b;17-15-. The monoisotopic (exact) mass is 1140 g/mol. The third kappa shape index (κ3) is 57.4. The van der Waals surface area contributed by atoms with E-state index in [4.69, 9.17) is 0 Å². The van der Waals surface area contributed by atoms with E-state index in [0.29, 0.717) is 12.8 Å². The molecule has 1 rings (SSSR count). The lowest BCUT2D eigenvalue weighted by atomic mass is 10.00. The van der Waals surface area contributed by atoms with Gasteiger partial charge < -0.3 is 20.8 Å². The quantitative estimate of drug-likeness (QED) is 0.0360. The first kappa shape index (κ1) is 79.6. The molecule has 1 aliphatic rings. The van der Waals surface area contributed by atoms with Crippen LogP contribution in [0.4, 0.5) is 0 Å². The Kier molecular flexibility index (Phi) is 63.5. The molecular formula is C75H148N2O4. The van der Waals surface area contributed by atoms with Gasteiger partial charge in [-0.1, -0.05) is 349 Å². The summed E-state index contributed by atoms with van der Waals surface area (Å²) >= 11 is 0. The van der Waals surface area contributed by atoms with E-state index in [-0.39, 0.29) is 23.9 Å². The molecule has 6 heteroatoms. The maximum atomic E-state index is 12.4. The first-order valence-corrected chi connectivity index (χ1v) is 37.4. The zero-order valence-corrected chi connectivity index (χ0v) is 56.0. The molecule has 81 heavy (non-hydrogen) atoms. The van der Waals surface area contributed by atoms with Crippen LogP contribution in [0.3, 0.4) is 0 Å². The molecule has 0 aromatic carbocycles. The fraction of sp³-hybridized carbons (Fsp3) is 0.947. The summed E-state index contributed by atoms with van der Waals surface area (Å²) in [6.45, 7) is 13.3. The number of carbonyl (C=O) groups is 2. The molecule has 0 radical (unpaired) electrons. The van der Waals surface area contributed by atoms with Crippen LogP contribution < -0.4 is 10.6 Å². The van der Waals surface area contributed by atoms with E-state index in [2.05, 4.69) is 64.3 Å². The fourth-order valence-corrected chi connectivity index (χ4v) is 12.4. The molecule has 0 saturated heterocycles. The van der Waals surface area contributed by atoms with E-state index >= 15 is 0 Å². The third-order valence-electron chi connectivity index (χ3n) is 18.4. The van der Waals surface area contributed by atoms with Crippen molar-refractivity contribution in [1.29, 1.82) is 0 Å². The van der Waals surface area contributed by atoms with Gasteiger partial charge in [-0.25, -0.2) is 0 Å². The number of carbonyl (C=O) groups excluding carboxylic acids is 2. The second-order valence-electron chi connectivity index (χ2n) is 26.3. The van der Waals surface area contributed by atoms with Crippen molar-refractivity contribution < 1.29 is 19.8 Å². The number of allylic oxidation sites excluding steroid dienone is 2. The number of amides is 2. The summed E-state index contributed by atoms with van der Waals surface area (Å²) < 4.78 is 0. The Balaban J connectivity index is 0.00000158. The summed E-state index contributed by atoms with van der Waals surface area (Å²) in [5.74, 6) is 2.40. The van der Waals surface area contributed by atoms with E-state index < -0.39 is 12.2 Å². The fourth-order valence-electron chi connectivity index (χ4n) is 12.4. The smallest absolute Gasteiger partial charge is 0.220 e. The molecule has 1 saturated carbocycles. The molecule has 0 bridgehead atoms. The Morgan fingerprint density at radius 2 is 0.568 bits per heavy atom. The number of aliphatic hydroxyl groups is 2. The molecule has 6 nitrogen and oxygen atoms in total. The van der Waals surface area contributed by atoms with Crippen LogP contribution in [-0.4, -0.2) is 46.3 Å². The van der Waals surface area contributed by atoms with Gasteiger partial charge in [-0.05, 0) is 82.5 Å². The molecule has 0 aliphatic heterocycles. The van der Waals surface area contributed by atoms with E-state index in [9.17, 15) is 19.8 Å². The van der Waals surface area contributed by atoms with Gasteiger partial charge in [0.2, 0.25) is 11.8 Å². The van der Waals surface area contributed by atoms with Gasteiger partial charge in [0.15, 0.2) is 0 Å². The molecule has 482 valence electrons. The summed E-state index contributed by atoms with van der Waals surface area (Å²) in [7, 11) is 0. The van der Waals surface area contributed by atoms with Gasteiger partial charge in [0, 0.05) is 12.8 Å². The number of hydrogen-bond acceptors (Lipinski definition) is 4. The van der Waals surface area contributed by atoms with Gasteiger partial charge in [-0.3, -0.25) is 9.59 Å². The van der Waals surface area contributed by atoms with Crippen molar-refractivity contribution in [3.8, 4) is 0 Å². The van der Waals surface area contributed by atoms with E-state index in [0.717, 1.165) is 76.0 Å². The Morgan fingerprint density at radius 3 is 0.864 bits per heavy atom. The number of unbranched alkanes of at least 4 members (excludes halogenated alkanes) is 44. The van der Waals surface area contributed by atoms with Crippen LogP contribution in [0, 0.1) is 11.8 Å². The lowest BCUT2D eigenvalue weighted by Crippen LogP contribution is -2.42. The van der Waals surface area contributed by atoms with Crippen molar-refractivity contribution in [3.05, 3.63) is 12.2 Å². The second kappa shape index (κ2) is 64.6. The summed E-state index contributed by atoms with van der Waals surface area (Å²) in [6, 6.07) is -0.170. The molecular weight excluding hydrogens is 993 g/mol. The molecule has 0 heterocycles. The van der Waals surface area contributed by atoms with Crippen molar-refractivity contribution >= 4 is 11.8 Å². The molecule has 0 aromatic rings.